The molecule has 0 atom stereocenters. The van der Waals surface area contributed by atoms with Gasteiger partial charge in [0, 0.05) is 49.9 Å². The van der Waals surface area contributed by atoms with Gasteiger partial charge >= 0.3 is 0 Å². The maximum Gasteiger partial charge on any atom is 0.292 e. The van der Waals surface area contributed by atoms with Crippen LogP contribution in [0.1, 0.15) is 24.8 Å². The summed E-state index contributed by atoms with van der Waals surface area (Å²) in [4.78, 5) is 24.3. The number of hydrogen-bond acceptors (Lipinski definition) is 5. The fourth-order valence-electron chi connectivity index (χ4n) is 3.16. The molecule has 0 radical (unpaired) electrons. The standard InChI is InChI=1S/C15H20N4O3/c20-14-3-1-9-18(14)10-2-7-17-15-11-6-8-16-12(11)4-5-13(15)19(21)22/h4-5,16-17H,1-3,6-10H2. The molecule has 7 heteroatoms. The highest BCUT2D eigenvalue weighted by Crippen LogP contribution is 2.36. The number of nitro groups is 1. The predicted octanol–water partition coefficient (Wildman–Crippen LogP) is 1.99. The first-order chi connectivity index (χ1) is 10.7. The average molecular weight is 304 g/mol. The topological polar surface area (TPSA) is 87.5 Å². The van der Waals surface area contributed by atoms with E-state index in [-0.39, 0.29) is 16.5 Å². The summed E-state index contributed by atoms with van der Waals surface area (Å²) in [7, 11) is 0. The molecule has 0 unspecified atom stereocenters. The summed E-state index contributed by atoms with van der Waals surface area (Å²) in [5, 5.41) is 17.6. The van der Waals surface area contributed by atoms with Crippen molar-refractivity contribution in [1.29, 1.82) is 0 Å². The molecule has 1 aromatic rings. The van der Waals surface area contributed by atoms with Crippen molar-refractivity contribution < 1.29 is 9.72 Å². The van der Waals surface area contributed by atoms with E-state index in [1.54, 1.807) is 12.1 Å². The van der Waals surface area contributed by atoms with E-state index in [4.69, 9.17) is 0 Å². The molecule has 0 aliphatic carbocycles. The molecule has 2 heterocycles. The molecule has 1 saturated heterocycles. The first-order valence-electron chi connectivity index (χ1n) is 7.72. The molecular weight excluding hydrogens is 284 g/mol. The lowest BCUT2D eigenvalue weighted by molar-refractivity contribution is -0.384. The third kappa shape index (κ3) is 2.84. The van der Waals surface area contributed by atoms with Crippen molar-refractivity contribution in [1.82, 2.24) is 4.90 Å². The molecule has 7 nitrogen and oxygen atoms in total. The van der Waals surface area contributed by atoms with Crippen LogP contribution in [0.15, 0.2) is 12.1 Å². The maximum absolute atomic E-state index is 11.5. The number of nitrogens with zero attached hydrogens (tertiary/aromatic N) is 2. The Morgan fingerprint density at radius 3 is 2.95 bits per heavy atom. The van der Waals surface area contributed by atoms with Crippen molar-refractivity contribution in [2.24, 2.45) is 0 Å². The van der Waals surface area contributed by atoms with Crippen molar-refractivity contribution in [2.75, 3.05) is 36.8 Å². The molecule has 0 aromatic heterocycles. The van der Waals surface area contributed by atoms with Gasteiger partial charge in [-0.25, -0.2) is 0 Å². The number of anilines is 2. The normalized spacial score (nSPS) is 16.5. The molecular formula is C15H20N4O3. The fourth-order valence-corrected chi connectivity index (χ4v) is 3.16. The Labute approximate surface area is 128 Å². The largest absolute Gasteiger partial charge is 0.384 e. The Morgan fingerprint density at radius 1 is 1.36 bits per heavy atom. The lowest BCUT2D eigenvalue weighted by Gasteiger charge is -2.16. The molecule has 2 aliphatic rings. The highest BCUT2D eigenvalue weighted by Gasteiger charge is 2.23. The molecule has 118 valence electrons. The first-order valence-corrected chi connectivity index (χ1v) is 7.72. The van der Waals surface area contributed by atoms with Crippen molar-refractivity contribution in [3.63, 3.8) is 0 Å². The highest BCUT2D eigenvalue weighted by molar-refractivity contribution is 5.78. The molecule has 1 fully saturated rings. The summed E-state index contributed by atoms with van der Waals surface area (Å²) in [6, 6.07) is 3.32. The number of benzene rings is 1. The Balaban J connectivity index is 1.63. The lowest BCUT2D eigenvalue weighted by atomic mass is 10.1. The van der Waals surface area contributed by atoms with Crippen LogP contribution in [0.25, 0.3) is 0 Å². The quantitative estimate of drug-likeness (QED) is 0.477. The maximum atomic E-state index is 11.5. The third-order valence-corrected chi connectivity index (χ3v) is 4.26. The van der Waals surface area contributed by atoms with E-state index >= 15 is 0 Å². The van der Waals surface area contributed by atoms with Gasteiger partial charge in [-0.3, -0.25) is 14.9 Å². The molecule has 0 spiro atoms. The number of nitrogens with one attached hydrogen (secondary N) is 2. The van der Waals surface area contributed by atoms with Gasteiger partial charge in [0.1, 0.15) is 5.69 Å². The molecule has 3 rings (SSSR count). The average Bonchev–Trinajstić information content (AvgIpc) is 3.12. The Bertz CT molecular complexity index is 603. The van der Waals surface area contributed by atoms with Crippen LogP contribution in [0.2, 0.25) is 0 Å². The first kappa shape index (κ1) is 14.6. The van der Waals surface area contributed by atoms with Crippen LogP contribution >= 0.6 is 0 Å². The number of hydrogen-bond donors (Lipinski definition) is 2. The van der Waals surface area contributed by atoms with Gasteiger partial charge in [0.2, 0.25) is 5.91 Å². The Morgan fingerprint density at radius 2 is 2.23 bits per heavy atom. The van der Waals surface area contributed by atoms with Gasteiger partial charge in [0.15, 0.2) is 0 Å². The molecule has 1 amide bonds. The number of amides is 1. The van der Waals surface area contributed by atoms with E-state index in [0.29, 0.717) is 25.2 Å². The van der Waals surface area contributed by atoms with E-state index in [9.17, 15) is 14.9 Å². The second-order valence-corrected chi connectivity index (χ2v) is 5.68. The van der Waals surface area contributed by atoms with Crippen LogP contribution in [0.5, 0.6) is 0 Å². The smallest absolute Gasteiger partial charge is 0.292 e. The minimum atomic E-state index is -0.342. The van der Waals surface area contributed by atoms with Gasteiger partial charge < -0.3 is 15.5 Å². The van der Waals surface area contributed by atoms with Gasteiger partial charge in [-0.1, -0.05) is 0 Å². The number of nitro benzene ring substituents is 1. The number of carbonyl (C=O) groups is 1. The second-order valence-electron chi connectivity index (χ2n) is 5.68. The van der Waals surface area contributed by atoms with Gasteiger partial charge in [-0.2, -0.15) is 0 Å². The van der Waals surface area contributed by atoms with Crippen molar-refractivity contribution in [2.45, 2.75) is 25.7 Å². The van der Waals surface area contributed by atoms with E-state index in [1.807, 2.05) is 4.90 Å². The molecule has 1 aromatic carbocycles. The van der Waals surface area contributed by atoms with Crippen LogP contribution in [0.3, 0.4) is 0 Å². The zero-order valence-electron chi connectivity index (χ0n) is 12.4. The number of likely N-dealkylation sites (tertiary alicyclic amines) is 1. The molecule has 0 bridgehead atoms. The van der Waals surface area contributed by atoms with Crippen molar-refractivity contribution >= 4 is 23.0 Å². The molecule has 2 N–H and O–H groups in total. The highest BCUT2D eigenvalue weighted by atomic mass is 16.6. The summed E-state index contributed by atoms with van der Waals surface area (Å²) in [6.45, 7) is 2.99. The van der Waals surface area contributed by atoms with E-state index < -0.39 is 0 Å². The van der Waals surface area contributed by atoms with Crippen LogP contribution in [0.4, 0.5) is 17.1 Å². The predicted molar refractivity (Wildman–Crippen MR) is 84.2 cm³/mol. The van der Waals surface area contributed by atoms with Crippen LogP contribution in [-0.4, -0.2) is 41.9 Å². The summed E-state index contributed by atoms with van der Waals surface area (Å²) in [5.41, 5.74) is 2.72. The van der Waals surface area contributed by atoms with Crippen molar-refractivity contribution in [3.05, 3.63) is 27.8 Å². The van der Waals surface area contributed by atoms with E-state index in [0.717, 1.165) is 43.6 Å². The number of carbonyl (C=O) groups excluding carboxylic acids is 1. The molecule has 2 aliphatic heterocycles. The van der Waals surface area contributed by atoms with Crippen LogP contribution in [-0.2, 0) is 11.2 Å². The molecule has 22 heavy (non-hydrogen) atoms. The minimum absolute atomic E-state index is 0.125. The SMILES string of the molecule is O=C1CCCN1CCCNc1c([N+](=O)[O-])ccc2c1CCN2. The minimum Gasteiger partial charge on any atom is -0.384 e. The summed E-state index contributed by atoms with van der Waals surface area (Å²) < 4.78 is 0. The third-order valence-electron chi connectivity index (χ3n) is 4.26. The molecule has 0 saturated carbocycles. The zero-order chi connectivity index (χ0) is 15.5. The zero-order valence-corrected chi connectivity index (χ0v) is 12.4. The summed E-state index contributed by atoms with van der Waals surface area (Å²) in [6.07, 6.45) is 3.18. The Hall–Kier alpha value is -2.31. The van der Waals surface area contributed by atoms with Crippen LogP contribution in [0, 0.1) is 10.1 Å². The monoisotopic (exact) mass is 304 g/mol. The lowest BCUT2D eigenvalue weighted by Crippen LogP contribution is -2.27. The second kappa shape index (κ2) is 6.21. The van der Waals surface area contributed by atoms with Crippen LogP contribution < -0.4 is 10.6 Å². The number of fused-ring (bicyclic) bond motifs is 1. The van der Waals surface area contributed by atoms with Crippen molar-refractivity contribution in [3.8, 4) is 0 Å². The fraction of sp³-hybridized carbons (Fsp3) is 0.533. The van der Waals surface area contributed by atoms with Gasteiger partial charge in [0.05, 0.1) is 4.92 Å². The van der Waals surface area contributed by atoms with Gasteiger partial charge in [0.25, 0.3) is 5.69 Å². The Kier molecular flexibility index (Phi) is 4.13. The van der Waals surface area contributed by atoms with E-state index in [2.05, 4.69) is 10.6 Å². The summed E-state index contributed by atoms with van der Waals surface area (Å²) >= 11 is 0. The van der Waals surface area contributed by atoms with Gasteiger partial charge in [-0.05, 0) is 25.3 Å². The van der Waals surface area contributed by atoms with Gasteiger partial charge in [-0.15, -0.1) is 0 Å². The van der Waals surface area contributed by atoms with E-state index in [1.165, 1.54) is 0 Å². The summed E-state index contributed by atoms with van der Waals surface area (Å²) in [5.74, 6) is 0.218. The number of rotatable bonds is 6.